The molecule has 0 saturated carbocycles. The van der Waals surface area contributed by atoms with E-state index in [1.807, 2.05) is 0 Å². The van der Waals surface area contributed by atoms with Crippen LogP contribution in [-0.2, 0) is 28.7 Å². The predicted molar refractivity (Wildman–Crippen MR) is 90.7 cm³/mol. The number of hydrogen-bond acceptors (Lipinski definition) is 8. The van der Waals surface area contributed by atoms with E-state index in [2.05, 4.69) is 5.32 Å². The molecule has 25 heavy (non-hydrogen) atoms. The van der Waals surface area contributed by atoms with Crippen LogP contribution in [0.1, 0.15) is 6.92 Å². The standard InChI is InChI=1S/C14H18N2O7S2/c1-7(17)23-3-8-4-25-13-10(15-9(18)5-24-6-22-2)12(19)16(13)11(8)14(20)21/h10,13H,3-6H2,1-2H3,(H,15,18)(H,20,21). The van der Waals surface area contributed by atoms with E-state index >= 15 is 0 Å². The van der Waals surface area contributed by atoms with Crippen LogP contribution in [0.3, 0.4) is 0 Å². The molecule has 0 radical (unpaired) electrons. The highest BCUT2D eigenvalue weighted by Gasteiger charge is 2.54. The molecule has 0 aromatic heterocycles. The molecule has 2 aliphatic heterocycles. The highest BCUT2D eigenvalue weighted by Crippen LogP contribution is 2.40. The molecule has 2 N–H and O–H groups in total. The number of methoxy groups -OCH3 is 1. The van der Waals surface area contributed by atoms with E-state index in [0.29, 0.717) is 17.3 Å². The molecule has 2 amide bonds. The number of carboxylic acid groups (broad SMARTS) is 1. The lowest BCUT2D eigenvalue weighted by atomic mass is 10.0. The van der Waals surface area contributed by atoms with Gasteiger partial charge in [-0.15, -0.1) is 23.5 Å². The van der Waals surface area contributed by atoms with E-state index in [9.17, 15) is 24.3 Å². The summed E-state index contributed by atoms with van der Waals surface area (Å²) in [5.41, 5.74) is 0.187. The zero-order valence-electron chi connectivity index (χ0n) is 13.6. The summed E-state index contributed by atoms with van der Waals surface area (Å²) in [5.74, 6) is -1.78. The van der Waals surface area contributed by atoms with Crippen LogP contribution in [-0.4, -0.2) is 76.3 Å². The topological polar surface area (TPSA) is 122 Å². The first kappa shape index (κ1) is 19.6. The van der Waals surface area contributed by atoms with Crippen LogP contribution in [0.4, 0.5) is 0 Å². The van der Waals surface area contributed by atoms with E-state index in [0.717, 1.165) is 4.90 Å². The Kier molecular flexibility index (Phi) is 6.73. The van der Waals surface area contributed by atoms with Gasteiger partial charge in [-0.25, -0.2) is 4.79 Å². The number of nitrogens with zero attached hydrogens (tertiary/aromatic N) is 1. The normalized spacial score (nSPS) is 22.2. The van der Waals surface area contributed by atoms with E-state index in [4.69, 9.17) is 9.47 Å². The van der Waals surface area contributed by atoms with Gasteiger partial charge in [0.25, 0.3) is 5.91 Å². The van der Waals surface area contributed by atoms with Gasteiger partial charge in [-0.1, -0.05) is 0 Å². The minimum atomic E-state index is -1.26. The molecule has 0 aliphatic carbocycles. The summed E-state index contributed by atoms with van der Waals surface area (Å²) < 4.78 is 9.69. The highest BCUT2D eigenvalue weighted by molar-refractivity contribution is 8.00. The molecule has 2 unspecified atom stereocenters. The average Bonchev–Trinajstić information content (AvgIpc) is 2.56. The molecular formula is C14H18N2O7S2. The number of β-lactam (4-membered cyclic amide) rings is 1. The summed E-state index contributed by atoms with van der Waals surface area (Å²) in [4.78, 5) is 47.8. The van der Waals surface area contributed by atoms with Crippen LogP contribution in [0.25, 0.3) is 0 Å². The number of carbonyl (C=O) groups excluding carboxylic acids is 3. The number of carbonyl (C=O) groups is 4. The molecule has 0 spiro atoms. The second-order valence-corrected chi connectivity index (χ2v) is 7.29. The lowest BCUT2D eigenvalue weighted by Crippen LogP contribution is -2.70. The Morgan fingerprint density at radius 1 is 1.44 bits per heavy atom. The zero-order chi connectivity index (χ0) is 18.6. The highest BCUT2D eigenvalue weighted by atomic mass is 32.2. The number of carboxylic acids is 1. The Morgan fingerprint density at radius 3 is 2.76 bits per heavy atom. The van der Waals surface area contributed by atoms with Crippen molar-refractivity contribution in [2.75, 3.05) is 31.2 Å². The third-order valence-electron chi connectivity index (χ3n) is 3.45. The van der Waals surface area contributed by atoms with Gasteiger partial charge in [0.2, 0.25) is 5.91 Å². The summed E-state index contributed by atoms with van der Waals surface area (Å²) >= 11 is 2.59. The number of esters is 1. The molecule has 9 nitrogen and oxygen atoms in total. The first-order valence-electron chi connectivity index (χ1n) is 7.26. The van der Waals surface area contributed by atoms with Crippen molar-refractivity contribution in [3.63, 3.8) is 0 Å². The zero-order valence-corrected chi connectivity index (χ0v) is 15.3. The van der Waals surface area contributed by atoms with Crippen molar-refractivity contribution >= 4 is 47.3 Å². The average molecular weight is 390 g/mol. The Bertz CT molecular complexity index is 622. The largest absolute Gasteiger partial charge is 0.477 e. The van der Waals surface area contributed by atoms with Gasteiger partial charge >= 0.3 is 11.9 Å². The van der Waals surface area contributed by atoms with Crippen molar-refractivity contribution in [3.8, 4) is 0 Å². The lowest BCUT2D eigenvalue weighted by Gasteiger charge is -2.49. The van der Waals surface area contributed by atoms with Crippen LogP contribution >= 0.6 is 23.5 Å². The van der Waals surface area contributed by atoms with Gasteiger partial charge in [0.15, 0.2) is 0 Å². The smallest absolute Gasteiger partial charge is 0.352 e. The summed E-state index contributed by atoms with van der Waals surface area (Å²) in [6, 6.07) is -0.759. The minimum Gasteiger partial charge on any atom is -0.477 e. The van der Waals surface area contributed by atoms with Gasteiger partial charge in [0, 0.05) is 25.4 Å². The molecule has 138 valence electrons. The van der Waals surface area contributed by atoms with Crippen molar-refractivity contribution in [1.29, 1.82) is 0 Å². The molecule has 0 bridgehead atoms. The van der Waals surface area contributed by atoms with Crippen LogP contribution in [0.5, 0.6) is 0 Å². The summed E-state index contributed by atoms with van der Waals surface area (Å²) in [6.07, 6.45) is 0. The second kappa shape index (κ2) is 8.59. The van der Waals surface area contributed by atoms with Gasteiger partial charge in [0.1, 0.15) is 23.7 Å². The maximum Gasteiger partial charge on any atom is 0.352 e. The van der Waals surface area contributed by atoms with Gasteiger partial charge in [-0.2, -0.15) is 0 Å². The maximum absolute atomic E-state index is 12.3. The Labute approximate surface area is 152 Å². The first-order chi connectivity index (χ1) is 11.9. The number of thioether (sulfide) groups is 2. The molecule has 0 aromatic carbocycles. The van der Waals surface area contributed by atoms with Crippen LogP contribution in [0.2, 0.25) is 0 Å². The van der Waals surface area contributed by atoms with Crippen molar-refractivity contribution in [1.82, 2.24) is 10.2 Å². The fourth-order valence-electron chi connectivity index (χ4n) is 2.42. The molecule has 2 rings (SSSR count). The minimum absolute atomic E-state index is 0.147. The van der Waals surface area contributed by atoms with Gasteiger partial charge in [-0.3, -0.25) is 19.3 Å². The summed E-state index contributed by atoms with van der Waals surface area (Å²) in [5, 5.41) is 11.6. The Balaban J connectivity index is 2.04. The molecule has 1 fully saturated rings. The fourth-order valence-corrected chi connectivity index (χ4v) is 4.26. The maximum atomic E-state index is 12.3. The third-order valence-corrected chi connectivity index (χ3v) is 5.66. The van der Waals surface area contributed by atoms with E-state index in [-0.39, 0.29) is 24.0 Å². The Hall–Kier alpha value is -1.72. The van der Waals surface area contributed by atoms with Crippen molar-refractivity contribution in [2.24, 2.45) is 0 Å². The molecule has 1 saturated heterocycles. The molecule has 0 aromatic rings. The van der Waals surface area contributed by atoms with Crippen LogP contribution < -0.4 is 5.32 Å². The molecule has 11 heteroatoms. The number of rotatable bonds is 8. The molecule has 2 aliphatic rings. The van der Waals surface area contributed by atoms with Crippen LogP contribution in [0, 0.1) is 0 Å². The van der Waals surface area contributed by atoms with Crippen molar-refractivity contribution in [3.05, 3.63) is 11.3 Å². The van der Waals surface area contributed by atoms with Gasteiger partial charge in [0.05, 0.1) is 11.7 Å². The number of nitrogens with one attached hydrogen (secondary N) is 1. The van der Waals surface area contributed by atoms with E-state index in [1.54, 1.807) is 0 Å². The Morgan fingerprint density at radius 2 is 2.16 bits per heavy atom. The first-order valence-corrected chi connectivity index (χ1v) is 9.46. The number of amides is 2. The number of hydrogen-bond donors (Lipinski definition) is 2. The summed E-state index contributed by atoms with van der Waals surface area (Å²) in [7, 11) is 1.52. The summed E-state index contributed by atoms with van der Waals surface area (Å²) in [6.45, 7) is 1.05. The molecule has 2 atom stereocenters. The van der Waals surface area contributed by atoms with E-state index in [1.165, 1.54) is 37.6 Å². The third kappa shape index (κ3) is 4.47. The van der Waals surface area contributed by atoms with E-state index < -0.39 is 29.3 Å². The molecule has 2 heterocycles. The van der Waals surface area contributed by atoms with Gasteiger partial charge < -0.3 is 19.9 Å². The lowest BCUT2D eigenvalue weighted by molar-refractivity contribution is -0.150. The number of ether oxygens (including phenoxy) is 2. The number of fused-ring (bicyclic) bond motifs is 1. The van der Waals surface area contributed by atoms with Crippen molar-refractivity contribution < 1.29 is 33.8 Å². The monoisotopic (exact) mass is 390 g/mol. The van der Waals surface area contributed by atoms with Gasteiger partial charge in [-0.05, 0) is 0 Å². The SMILES string of the molecule is COCSCC(=O)NC1C(=O)N2C(C(=O)O)=C(COC(C)=O)CSC12. The van der Waals surface area contributed by atoms with Crippen LogP contribution in [0.15, 0.2) is 11.3 Å². The molecular weight excluding hydrogens is 372 g/mol. The van der Waals surface area contributed by atoms with Crippen molar-refractivity contribution in [2.45, 2.75) is 18.3 Å². The second-order valence-electron chi connectivity index (χ2n) is 5.25. The number of aliphatic carboxylic acids is 1. The predicted octanol–water partition coefficient (Wildman–Crippen LogP) is -0.375. The fraction of sp³-hybridized carbons (Fsp3) is 0.571. The quantitative estimate of drug-likeness (QED) is 0.247.